The minimum atomic E-state index is -0.373. The Balaban J connectivity index is 1.82. The first-order valence-electron chi connectivity index (χ1n) is 9.94. The van der Waals surface area contributed by atoms with Crippen molar-refractivity contribution in [2.75, 3.05) is 12.4 Å². The number of aromatic amines is 1. The second kappa shape index (κ2) is 10.1. The van der Waals surface area contributed by atoms with Crippen molar-refractivity contribution in [2.24, 2.45) is 10.7 Å². The van der Waals surface area contributed by atoms with Crippen LogP contribution in [0.1, 0.15) is 47.6 Å². The average molecular weight is 428 g/mol. The van der Waals surface area contributed by atoms with Gasteiger partial charge in [0.05, 0.1) is 28.5 Å². The number of nitrogens with one attached hydrogen (secondary N) is 2. The Kier molecular flexibility index (Phi) is 7.30. The average Bonchev–Trinajstić information content (AvgIpc) is 3.20. The predicted octanol–water partition coefficient (Wildman–Crippen LogP) is 3.68. The van der Waals surface area contributed by atoms with Crippen molar-refractivity contribution >= 4 is 34.4 Å². The van der Waals surface area contributed by atoms with Crippen molar-refractivity contribution in [2.45, 2.75) is 32.2 Å². The molecule has 1 aromatic heterocycles. The zero-order valence-corrected chi connectivity index (χ0v) is 17.6. The number of benzene rings is 2. The van der Waals surface area contributed by atoms with E-state index in [0.29, 0.717) is 31.0 Å². The van der Waals surface area contributed by atoms with Crippen LogP contribution in [0.5, 0.6) is 5.75 Å². The molecular formula is C22H26ClN5O2. The second-order valence-corrected chi connectivity index (χ2v) is 7.29. The number of carbonyl (C=O) groups is 1. The molecule has 1 unspecified atom stereocenters. The molecule has 0 fully saturated rings. The van der Waals surface area contributed by atoms with Gasteiger partial charge in [0.15, 0.2) is 0 Å². The van der Waals surface area contributed by atoms with E-state index in [4.69, 9.17) is 17.3 Å². The number of hydrogen-bond donors (Lipinski definition) is 4. The highest BCUT2D eigenvalue weighted by atomic mass is 35.5. The molecular weight excluding hydrogens is 402 g/mol. The van der Waals surface area contributed by atoms with Gasteiger partial charge < -0.3 is 21.1 Å². The van der Waals surface area contributed by atoms with Gasteiger partial charge in [-0.3, -0.25) is 9.79 Å². The number of nitrogens with two attached hydrogens (primary N) is 1. The van der Waals surface area contributed by atoms with E-state index in [0.717, 1.165) is 23.0 Å². The van der Waals surface area contributed by atoms with Crippen LogP contribution in [-0.2, 0) is 6.42 Å². The van der Waals surface area contributed by atoms with Crippen LogP contribution in [-0.4, -0.2) is 39.2 Å². The molecule has 1 amide bonds. The van der Waals surface area contributed by atoms with E-state index in [1.165, 1.54) is 0 Å². The molecule has 8 heteroatoms. The summed E-state index contributed by atoms with van der Waals surface area (Å²) in [5.74, 6) is 0.841. The Labute approximate surface area is 180 Å². The van der Waals surface area contributed by atoms with Crippen molar-refractivity contribution < 1.29 is 9.90 Å². The molecule has 0 spiro atoms. The van der Waals surface area contributed by atoms with Crippen LogP contribution in [0.3, 0.4) is 0 Å². The van der Waals surface area contributed by atoms with Gasteiger partial charge in [0.2, 0.25) is 0 Å². The monoisotopic (exact) mass is 427 g/mol. The Morgan fingerprint density at radius 1 is 1.33 bits per heavy atom. The van der Waals surface area contributed by atoms with Gasteiger partial charge >= 0.3 is 0 Å². The van der Waals surface area contributed by atoms with Crippen LogP contribution in [0, 0.1) is 0 Å². The van der Waals surface area contributed by atoms with E-state index in [-0.39, 0.29) is 29.1 Å². The summed E-state index contributed by atoms with van der Waals surface area (Å²) in [7, 11) is 0. The van der Waals surface area contributed by atoms with Crippen molar-refractivity contribution in [3.63, 3.8) is 0 Å². The zero-order chi connectivity index (χ0) is 21.5. The largest absolute Gasteiger partial charge is 0.507 e. The zero-order valence-electron chi connectivity index (χ0n) is 16.9. The molecule has 3 aromatic rings. The van der Waals surface area contributed by atoms with Crippen LogP contribution in [0.25, 0.3) is 11.0 Å². The maximum Gasteiger partial charge on any atom is 0.255 e. The van der Waals surface area contributed by atoms with Gasteiger partial charge in [0.25, 0.3) is 5.91 Å². The number of aryl methyl sites for hydroxylation is 1. The first-order valence-corrected chi connectivity index (χ1v) is 10.5. The Morgan fingerprint density at radius 2 is 2.13 bits per heavy atom. The lowest BCUT2D eigenvalue weighted by Gasteiger charge is -2.17. The van der Waals surface area contributed by atoms with Crippen LogP contribution in [0.4, 0.5) is 0 Å². The first-order chi connectivity index (χ1) is 14.5. The summed E-state index contributed by atoms with van der Waals surface area (Å²) in [6.45, 7) is 2.50. The highest BCUT2D eigenvalue weighted by Crippen LogP contribution is 2.23. The number of amidine groups is 1. The molecule has 2 aromatic carbocycles. The minimum Gasteiger partial charge on any atom is -0.507 e. The molecule has 0 aliphatic rings. The number of imidazole rings is 1. The number of phenolic OH excluding ortho intramolecular Hbond substituents is 1. The number of aromatic hydroxyl groups is 1. The van der Waals surface area contributed by atoms with Gasteiger partial charge in [-0.25, -0.2) is 4.98 Å². The normalized spacial score (nSPS) is 12.8. The summed E-state index contributed by atoms with van der Waals surface area (Å²) in [6.07, 6.45) is 2.05. The third-order valence-corrected chi connectivity index (χ3v) is 5.13. The molecule has 3 rings (SSSR count). The highest BCUT2D eigenvalue weighted by Gasteiger charge is 2.21. The summed E-state index contributed by atoms with van der Waals surface area (Å²) in [6, 6.07) is 12.4. The molecule has 0 saturated heterocycles. The lowest BCUT2D eigenvalue weighted by molar-refractivity contribution is 0.0929. The number of para-hydroxylation sites is 2. The third-order valence-electron chi connectivity index (χ3n) is 4.86. The van der Waals surface area contributed by atoms with E-state index < -0.39 is 0 Å². The van der Waals surface area contributed by atoms with Crippen LogP contribution < -0.4 is 11.1 Å². The van der Waals surface area contributed by atoms with Crippen molar-refractivity contribution in [3.8, 4) is 5.75 Å². The number of H-pyrrole nitrogens is 1. The fourth-order valence-corrected chi connectivity index (χ4v) is 3.28. The lowest BCUT2D eigenvalue weighted by atomic mass is 10.1. The van der Waals surface area contributed by atoms with E-state index >= 15 is 0 Å². The number of aromatic nitrogens is 2. The lowest BCUT2D eigenvalue weighted by Crippen LogP contribution is -2.29. The molecule has 1 heterocycles. The summed E-state index contributed by atoms with van der Waals surface area (Å²) >= 11 is 5.66. The molecule has 0 bridgehead atoms. The number of alkyl halides is 1. The topological polar surface area (TPSA) is 116 Å². The van der Waals surface area contributed by atoms with Gasteiger partial charge in [-0.05, 0) is 49.1 Å². The number of carbonyl (C=O) groups excluding carboxylic acids is 1. The van der Waals surface area contributed by atoms with E-state index in [2.05, 4.69) is 20.3 Å². The molecule has 0 aliphatic carbocycles. The first kappa shape index (κ1) is 21.6. The van der Waals surface area contributed by atoms with E-state index in [1.54, 1.807) is 12.1 Å². The summed E-state index contributed by atoms with van der Waals surface area (Å²) in [4.78, 5) is 25.1. The van der Waals surface area contributed by atoms with Crippen molar-refractivity contribution in [1.29, 1.82) is 0 Å². The Hall–Kier alpha value is -3.06. The number of amides is 1. The van der Waals surface area contributed by atoms with E-state index in [9.17, 15) is 9.90 Å². The maximum absolute atomic E-state index is 12.9. The van der Waals surface area contributed by atoms with Gasteiger partial charge in [0.1, 0.15) is 17.4 Å². The molecule has 0 aliphatic heterocycles. The standard InChI is InChI=1S/C22H26ClN5O2/c1-2-14-9-10-19(29)15(12-14)22(30)28-18(8-5-11-25-20(24)13-23)21-26-16-6-3-4-7-17(16)27-21/h3-4,6-7,9-10,12,18,29H,2,5,8,11,13H2,1H3,(H2,24,25)(H,26,27)(H,28,30). The van der Waals surface area contributed by atoms with Gasteiger partial charge in [-0.1, -0.05) is 25.1 Å². The van der Waals surface area contributed by atoms with Crippen LogP contribution in [0.15, 0.2) is 47.5 Å². The number of fused-ring (bicyclic) bond motifs is 1. The molecule has 1 atom stereocenters. The molecule has 0 radical (unpaired) electrons. The van der Waals surface area contributed by atoms with Gasteiger partial charge in [0, 0.05) is 6.54 Å². The summed E-state index contributed by atoms with van der Waals surface area (Å²) < 4.78 is 0. The number of hydrogen-bond acceptors (Lipinski definition) is 4. The smallest absolute Gasteiger partial charge is 0.255 e. The molecule has 158 valence electrons. The molecule has 30 heavy (non-hydrogen) atoms. The summed E-state index contributed by atoms with van der Waals surface area (Å²) in [5, 5.41) is 13.2. The number of halogens is 1. The minimum absolute atomic E-state index is 0.0486. The van der Waals surface area contributed by atoms with Crippen molar-refractivity contribution in [3.05, 3.63) is 59.4 Å². The van der Waals surface area contributed by atoms with Crippen LogP contribution in [0.2, 0.25) is 0 Å². The number of rotatable bonds is 9. The second-order valence-electron chi connectivity index (χ2n) is 7.02. The number of aliphatic imine (C=N–C) groups is 1. The van der Waals surface area contributed by atoms with Crippen LogP contribution >= 0.6 is 11.6 Å². The van der Waals surface area contributed by atoms with Gasteiger partial charge in [-0.2, -0.15) is 0 Å². The van der Waals surface area contributed by atoms with Crippen molar-refractivity contribution in [1.82, 2.24) is 15.3 Å². The summed E-state index contributed by atoms with van der Waals surface area (Å²) in [5.41, 5.74) is 8.60. The SMILES string of the molecule is CCc1ccc(O)c(C(=O)NC(CCCN=C(N)CCl)c2nc3ccccc3[nH]2)c1. The Bertz CT molecular complexity index is 1010. The Morgan fingerprint density at radius 3 is 2.87 bits per heavy atom. The number of phenols is 1. The fraction of sp³-hybridized carbons (Fsp3) is 0.318. The fourth-order valence-electron chi connectivity index (χ4n) is 3.20. The quantitative estimate of drug-likeness (QED) is 0.180. The number of nitrogens with zero attached hydrogens (tertiary/aromatic N) is 2. The van der Waals surface area contributed by atoms with Gasteiger partial charge in [-0.15, -0.1) is 11.6 Å². The molecule has 5 N–H and O–H groups in total. The molecule has 0 saturated carbocycles. The maximum atomic E-state index is 12.9. The highest BCUT2D eigenvalue weighted by molar-refractivity contribution is 6.27. The molecule has 7 nitrogen and oxygen atoms in total. The predicted molar refractivity (Wildman–Crippen MR) is 120 cm³/mol. The van der Waals surface area contributed by atoms with E-state index in [1.807, 2.05) is 37.3 Å². The third kappa shape index (κ3) is 5.30.